The van der Waals surface area contributed by atoms with Crippen LogP contribution in [0.4, 0.5) is 5.69 Å². The van der Waals surface area contributed by atoms with Gasteiger partial charge in [0.05, 0.1) is 5.52 Å². The third-order valence-corrected chi connectivity index (χ3v) is 3.31. The van der Waals surface area contributed by atoms with E-state index in [1.807, 2.05) is 36.5 Å². The first-order valence-corrected chi connectivity index (χ1v) is 5.96. The average molecular weight is 234 g/mol. The van der Waals surface area contributed by atoms with Gasteiger partial charge < -0.3 is 5.73 Å². The number of fused-ring (bicyclic) bond motifs is 1. The molecule has 0 unspecified atom stereocenters. The van der Waals surface area contributed by atoms with Crippen LogP contribution in [0.15, 0.2) is 54.7 Å². The van der Waals surface area contributed by atoms with Crippen LogP contribution in [0.5, 0.6) is 0 Å². The van der Waals surface area contributed by atoms with E-state index < -0.39 is 0 Å². The molecule has 1 heterocycles. The smallest absolute Gasteiger partial charge is 0.0708 e. The summed E-state index contributed by atoms with van der Waals surface area (Å²) in [5, 5.41) is 1.16. The summed E-state index contributed by atoms with van der Waals surface area (Å²) in [5.41, 5.74) is 11.3. The van der Waals surface area contributed by atoms with Gasteiger partial charge in [-0.3, -0.25) is 4.98 Å². The van der Waals surface area contributed by atoms with Crippen molar-refractivity contribution >= 4 is 16.6 Å². The minimum atomic E-state index is 0.827. The van der Waals surface area contributed by atoms with Gasteiger partial charge in [-0.2, -0.15) is 0 Å². The minimum Gasteiger partial charge on any atom is -0.398 e. The summed E-state index contributed by atoms with van der Waals surface area (Å²) in [7, 11) is 0. The fourth-order valence-electron chi connectivity index (χ4n) is 2.28. The number of benzene rings is 2. The maximum atomic E-state index is 5.99. The quantitative estimate of drug-likeness (QED) is 0.650. The molecule has 2 heteroatoms. The lowest BCUT2D eigenvalue weighted by Gasteiger charge is -2.10. The molecule has 0 radical (unpaired) electrons. The molecular formula is C16H14N2. The van der Waals surface area contributed by atoms with E-state index in [2.05, 4.69) is 30.1 Å². The van der Waals surface area contributed by atoms with E-state index in [1.165, 1.54) is 11.1 Å². The van der Waals surface area contributed by atoms with Crippen LogP contribution in [0.1, 0.15) is 5.56 Å². The highest BCUT2D eigenvalue weighted by atomic mass is 14.6. The molecule has 0 aliphatic heterocycles. The monoisotopic (exact) mass is 234 g/mol. The lowest BCUT2D eigenvalue weighted by molar-refractivity contribution is 1.41. The standard InChI is InChI=1S/C16H14N2/c1-11-12(5-2-8-15(11)17)13-6-3-9-16-14(13)7-4-10-18-16/h2-10H,17H2,1H3. The molecule has 0 atom stereocenters. The van der Waals surface area contributed by atoms with Crippen molar-refractivity contribution in [2.24, 2.45) is 0 Å². The van der Waals surface area contributed by atoms with E-state index >= 15 is 0 Å². The second-order valence-electron chi connectivity index (χ2n) is 4.40. The molecule has 88 valence electrons. The summed E-state index contributed by atoms with van der Waals surface area (Å²) in [4.78, 5) is 4.39. The van der Waals surface area contributed by atoms with Gasteiger partial charge in [0.1, 0.15) is 0 Å². The number of pyridine rings is 1. The molecule has 2 aromatic carbocycles. The lowest BCUT2D eigenvalue weighted by Crippen LogP contribution is -1.92. The van der Waals surface area contributed by atoms with Crippen LogP contribution in [0.25, 0.3) is 22.0 Å². The third-order valence-electron chi connectivity index (χ3n) is 3.31. The molecule has 0 aliphatic rings. The summed E-state index contributed by atoms with van der Waals surface area (Å²) in [5.74, 6) is 0. The van der Waals surface area contributed by atoms with Crippen molar-refractivity contribution in [2.45, 2.75) is 6.92 Å². The molecule has 3 rings (SSSR count). The lowest BCUT2D eigenvalue weighted by atomic mass is 9.96. The number of nitrogens with two attached hydrogens (primary N) is 1. The van der Waals surface area contributed by atoms with Crippen LogP contribution in [0.3, 0.4) is 0 Å². The Balaban J connectivity index is 2.35. The molecule has 18 heavy (non-hydrogen) atoms. The van der Waals surface area contributed by atoms with E-state index in [0.29, 0.717) is 0 Å². The molecule has 2 N–H and O–H groups in total. The zero-order valence-electron chi connectivity index (χ0n) is 10.2. The van der Waals surface area contributed by atoms with Gasteiger partial charge >= 0.3 is 0 Å². The van der Waals surface area contributed by atoms with E-state index in [4.69, 9.17) is 5.73 Å². The van der Waals surface area contributed by atoms with Crippen molar-refractivity contribution in [3.8, 4) is 11.1 Å². The Kier molecular flexibility index (Phi) is 2.49. The molecule has 0 spiro atoms. The summed E-state index contributed by atoms with van der Waals surface area (Å²) in [6.07, 6.45) is 1.82. The number of aromatic nitrogens is 1. The number of nitrogen functional groups attached to an aromatic ring is 1. The van der Waals surface area contributed by atoms with E-state index in [-0.39, 0.29) is 0 Å². The largest absolute Gasteiger partial charge is 0.398 e. The molecule has 0 amide bonds. The molecule has 0 bridgehead atoms. The Hall–Kier alpha value is -2.35. The predicted octanol–water partition coefficient (Wildman–Crippen LogP) is 3.79. The Morgan fingerprint density at radius 1 is 0.889 bits per heavy atom. The fraction of sp³-hybridized carbons (Fsp3) is 0.0625. The Morgan fingerprint density at radius 3 is 2.56 bits per heavy atom. The van der Waals surface area contributed by atoms with Gasteiger partial charge in [-0.25, -0.2) is 0 Å². The maximum Gasteiger partial charge on any atom is 0.0708 e. The zero-order chi connectivity index (χ0) is 12.5. The second-order valence-corrected chi connectivity index (χ2v) is 4.40. The number of anilines is 1. The molecule has 0 fully saturated rings. The molecule has 1 aromatic heterocycles. The Bertz CT molecular complexity index is 712. The molecule has 3 aromatic rings. The highest BCUT2D eigenvalue weighted by Gasteiger charge is 2.07. The van der Waals surface area contributed by atoms with E-state index in [1.54, 1.807) is 0 Å². The minimum absolute atomic E-state index is 0.827. The Labute approximate surface area is 106 Å². The highest BCUT2D eigenvalue weighted by molar-refractivity contribution is 5.95. The van der Waals surface area contributed by atoms with Gasteiger partial charge in [0.25, 0.3) is 0 Å². The summed E-state index contributed by atoms with van der Waals surface area (Å²) < 4.78 is 0. The predicted molar refractivity (Wildman–Crippen MR) is 76.3 cm³/mol. The van der Waals surface area contributed by atoms with Gasteiger partial charge in [-0.1, -0.05) is 30.3 Å². The van der Waals surface area contributed by atoms with Crippen LogP contribution in [-0.2, 0) is 0 Å². The number of nitrogens with zero attached hydrogens (tertiary/aromatic N) is 1. The Morgan fingerprint density at radius 2 is 1.67 bits per heavy atom. The van der Waals surface area contributed by atoms with Crippen LogP contribution >= 0.6 is 0 Å². The zero-order valence-corrected chi connectivity index (χ0v) is 10.2. The average Bonchev–Trinajstić information content (AvgIpc) is 2.41. The first-order valence-electron chi connectivity index (χ1n) is 5.96. The maximum absolute atomic E-state index is 5.99. The van der Waals surface area contributed by atoms with Crippen LogP contribution < -0.4 is 5.73 Å². The third kappa shape index (κ3) is 1.63. The second kappa shape index (κ2) is 4.15. The molecule has 0 saturated carbocycles. The van der Waals surface area contributed by atoms with Crippen molar-refractivity contribution in [1.82, 2.24) is 4.98 Å². The SMILES string of the molecule is Cc1c(N)cccc1-c1cccc2ncccc12. The van der Waals surface area contributed by atoms with Crippen molar-refractivity contribution in [2.75, 3.05) is 5.73 Å². The van der Waals surface area contributed by atoms with E-state index in [9.17, 15) is 0 Å². The van der Waals surface area contributed by atoms with Crippen LogP contribution in [-0.4, -0.2) is 4.98 Å². The molecule has 2 nitrogen and oxygen atoms in total. The van der Waals surface area contributed by atoms with Gasteiger partial charge in [0.2, 0.25) is 0 Å². The molecule has 0 saturated heterocycles. The highest BCUT2D eigenvalue weighted by Crippen LogP contribution is 2.31. The van der Waals surface area contributed by atoms with Gasteiger partial charge in [-0.05, 0) is 41.8 Å². The summed E-state index contributed by atoms with van der Waals surface area (Å²) in [6, 6.07) is 16.3. The van der Waals surface area contributed by atoms with Crippen LogP contribution in [0, 0.1) is 6.92 Å². The summed E-state index contributed by atoms with van der Waals surface area (Å²) >= 11 is 0. The van der Waals surface area contributed by atoms with Crippen molar-refractivity contribution in [3.05, 3.63) is 60.3 Å². The molecule has 0 aliphatic carbocycles. The van der Waals surface area contributed by atoms with E-state index in [0.717, 1.165) is 22.2 Å². The molecular weight excluding hydrogens is 220 g/mol. The summed E-state index contributed by atoms with van der Waals surface area (Å²) in [6.45, 7) is 2.06. The van der Waals surface area contributed by atoms with Crippen molar-refractivity contribution in [3.63, 3.8) is 0 Å². The number of hydrogen-bond acceptors (Lipinski definition) is 2. The first kappa shape index (κ1) is 10.8. The number of rotatable bonds is 1. The van der Waals surface area contributed by atoms with Gasteiger partial charge in [0.15, 0.2) is 0 Å². The van der Waals surface area contributed by atoms with Gasteiger partial charge in [0, 0.05) is 17.3 Å². The van der Waals surface area contributed by atoms with Crippen LogP contribution in [0.2, 0.25) is 0 Å². The van der Waals surface area contributed by atoms with Crippen molar-refractivity contribution < 1.29 is 0 Å². The normalized spacial score (nSPS) is 10.7. The first-order chi connectivity index (χ1) is 8.77. The van der Waals surface area contributed by atoms with Crippen molar-refractivity contribution in [1.29, 1.82) is 0 Å². The number of hydrogen-bond donors (Lipinski definition) is 1. The van der Waals surface area contributed by atoms with Gasteiger partial charge in [-0.15, -0.1) is 0 Å². The fourth-order valence-corrected chi connectivity index (χ4v) is 2.28. The topological polar surface area (TPSA) is 38.9 Å².